The molecule has 5 nitrogen and oxygen atoms in total. The average molecular weight is 298 g/mol. The van der Waals surface area contributed by atoms with Gasteiger partial charge in [-0.05, 0) is 44.5 Å². The summed E-state index contributed by atoms with van der Waals surface area (Å²) in [7, 11) is -2.19. The van der Waals surface area contributed by atoms with Crippen molar-refractivity contribution in [2.24, 2.45) is 0 Å². The molecule has 0 atom stereocenters. The van der Waals surface area contributed by atoms with Crippen LogP contribution in [-0.4, -0.2) is 27.4 Å². The van der Waals surface area contributed by atoms with Crippen molar-refractivity contribution >= 4 is 15.9 Å². The molecular formula is C14H22N2O3S. The summed E-state index contributed by atoms with van der Waals surface area (Å²) in [5.41, 5.74) is 1.15. The Labute approximate surface area is 120 Å². The Hall–Kier alpha value is -1.40. The second kappa shape index (κ2) is 6.85. The van der Waals surface area contributed by atoms with Gasteiger partial charge in [0, 0.05) is 11.6 Å². The van der Waals surface area contributed by atoms with Gasteiger partial charge in [0.25, 0.3) is 5.91 Å². The summed E-state index contributed by atoms with van der Waals surface area (Å²) in [5, 5.41) is 2.92. The fourth-order valence-corrected chi connectivity index (χ4v) is 2.64. The van der Waals surface area contributed by atoms with E-state index in [4.69, 9.17) is 0 Å². The highest BCUT2D eigenvalue weighted by Crippen LogP contribution is 2.16. The molecule has 6 heteroatoms. The van der Waals surface area contributed by atoms with E-state index in [1.54, 1.807) is 13.0 Å². The predicted octanol–water partition coefficient (Wildman–Crippen LogP) is 1.82. The highest BCUT2D eigenvalue weighted by molar-refractivity contribution is 7.89. The Morgan fingerprint density at radius 2 is 1.85 bits per heavy atom. The summed E-state index contributed by atoms with van der Waals surface area (Å²) in [5.74, 6) is -0.232. The lowest BCUT2D eigenvalue weighted by Crippen LogP contribution is -2.34. The summed E-state index contributed by atoms with van der Waals surface area (Å²) in [6.07, 6.45) is 1.69. The van der Waals surface area contributed by atoms with Crippen LogP contribution in [0.3, 0.4) is 0 Å². The third-order valence-electron chi connectivity index (χ3n) is 3.35. The second-order valence-electron chi connectivity index (χ2n) is 4.67. The normalized spacial score (nSPS) is 11.7. The Balaban J connectivity index is 3.12. The van der Waals surface area contributed by atoms with Gasteiger partial charge < -0.3 is 5.32 Å². The Morgan fingerprint density at radius 1 is 1.25 bits per heavy atom. The minimum Gasteiger partial charge on any atom is -0.349 e. The van der Waals surface area contributed by atoms with Gasteiger partial charge in [-0.25, -0.2) is 13.1 Å². The van der Waals surface area contributed by atoms with Gasteiger partial charge in [0.05, 0.1) is 4.90 Å². The molecule has 0 saturated heterocycles. The van der Waals surface area contributed by atoms with Crippen molar-refractivity contribution in [3.05, 3.63) is 29.3 Å². The fraction of sp³-hybridized carbons (Fsp3) is 0.500. The molecule has 0 aliphatic carbocycles. The third kappa shape index (κ3) is 3.80. The lowest BCUT2D eigenvalue weighted by atomic mass is 10.1. The summed E-state index contributed by atoms with van der Waals surface area (Å²) in [6.45, 7) is 5.80. The van der Waals surface area contributed by atoms with Gasteiger partial charge in [0.2, 0.25) is 10.0 Å². The zero-order chi connectivity index (χ0) is 15.3. The molecule has 0 bridgehead atoms. The molecule has 20 heavy (non-hydrogen) atoms. The van der Waals surface area contributed by atoms with Crippen molar-refractivity contribution < 1.29 is 13.2 Å². The van der Waals surface area contributed by atoms with Crippen LogP contribution in [0.15, 0.2) is 23.1 Å². The van der Waals surface area contributed by atoms with Crippen molar-refractivity contribution in [1.82, 2.24) is 10.0 Å². The van der Waals surface area contributed by atoms with Crippen molar-refractivity contribution in [1.29, 1.82) is 0 Å². The van der Waals surface area contributed by atoms with E-state index in [-0.39, 0.29) is 16.8 Å². The maximum Gasteiger partial charge on any atom is 0.251 e. The molecular weight excluding hydrogens is 276 g/mol. The number of benzene rings is 1. The summed E-state index contributed by atoms with van der Waals surface area (Å²) in [4.78, 5) is 12.3. The van der Waals surface area contributed by atoms with Crippen LogP contribution in [-0.2, 0) is 10.0 Å². The molecule has 2 N–H and O–H groups in total. The average Bonchev–Trinajstić information content (AvgIpc) is 2.44. The van der Waals surface area contributed by atoms with Gasteiger partial charge in [0.15, 0.2) is 0 Å². The molecule has 0 aliphatic heterocycles. The number of nitrogens with one attached hydrogen (secondary N) is 2. The topological polar surface area (TPSA) is 75.3 Å². The third-order valence-corrected chi connectivity index (χ3v) is 4.77. The number of hydrogen-bond donors (Lipinski definition) is 2. The largest absolute Gasteiger partial charge is 0.349 e. The lowest BCUT2D eigenvalue weighted by Gasteiger charge is -2.16. The van der Waals surface area contributed by atoms with E-state index in [1.807, 2.05) is 13.8 Å². The number of carbonyl (C=O) groups excluding carboxylic acids is 1. The zero-order valence-electron chi connectivity index (χ0n) is 12.4. The molecule has 0 aromatic heterocycles. The molecule has 1 amide bonds. The van der Waals surface area contributed by atoms with E-state index in [0.717, 1.165) is 18.4 Å². The Kier molecular flexibility index (Phi) is 5.71. The Bertz CT molecular complexity index is 578. The first-order valence-electron chi connectivity index (χ1n) is 6.70. The van der Waals surface area contributed by atoms with Crippen LogP contribution < -0.4 is 10.0 Å². The van der Waals surface area contributed by atoms with Crippen LogP contribution in [0.4, 0.5) is 0 Å². The molecule has 0 unspecified atom stereocenters. The van der Waals surface area contributed by atoms with Gasteiger partial charge >= 0.3 is 0 Å². The van der Waals surface area contributed by atoms with Crippen LogP contribution >= 0.6 is 0 Å². The maximum absolute atomic E-state index is 12.2. The second-order valence-corrected chi connectivity index (χ2v) is 6.56. The molecule has 112 valence electrons. The lowest BCUT2D eigenvalue weighted by molar-refractivity contribution is 0.0934. The van der Waals surface area contributed by atoms with Crippen molar-refractivity contribution in [2.45, 2.75) is 44.6 Å². The van der Waals surface area contributed by atoms with E-state index >= 15 is 0 Å². The van der Waals surface area contributed by atoms with E-state index in [1.165, 1.54) is 19.2 Å². The smallest absolute Gasteiger partial charge is 0.251 e. The van der Waals surface area contributed by atoms with Gasteiger partial charge in [0.1, 0.15) is 0 Å². The molecule has 0 heterocycles. The molecule has 1 aromatic rings. The number of aryl methyl sites for hydroxylation is 1. The van der Waals surface area contributed by atoms with E-state index in [0.29, 0.717) is 5.56 Å². The highest BCUT2D eigenvalue weighted by Gasteiger charge is 2.17. The van der Waals surface area contributed by atoms with Crippen LogP contribution in [0.5, 0.6) is 0 Å². The SMILES string of the molecule is CCC(CC)NC(=O)c1cc(S(=O)(=O)NC)ccc1C. The number of hydrogen-bond acceptors (Lipinski definition) is 3. The summed E-state index contributed by atoms with van der Waals surface area (Å²) in [6, 6.07) is 4.66. The molecule has 0 radical (unpaired) electrons. The molecule has 0 saturated carbocycles. The molecule has 0 fully saturated rings. The van der Waals surface area contributed by atoms with Gasteiger partial charge in [-0.1, -0.05) is 19.9 Å². The van der Waals surface area contributed by atoms with Crippen LogP contribution in [0.25, 0.3) is 0 Å². The van der Waals surface area contributed by atoms with Gasteiger partial charge in [-0.2, -0.15) is 0 Å². The first kappa shape index (κ1) is 16.7. The fourth-order valence-electron chi connectivity index (χ4n) is 1.89. The van der Waals surface area contributed by atoms with E-state index in [2.05, 4.69) is 10.0 Å². The minimum absolute atomic E-state index is 0.0975. The standard InChI is InChI=1S/C14H22N2O3S/c1-5-11(6-2)16-14(17)13-9-12(8-7-10(13)3)20(18,19)15-4/h7-9,11,15H,5-6H2,1-4H3,(H,16,17). The van der Waals surface area contributed by atoms with Gasteiger partial charge in [-0.15, -0.1) is 0 Å². The molecule has 0 spiro atoms. The first-order chi connectivity index (χ1) is 9.35. The van der Waals surface area contributed by atoms with Crippen LogP contribution in [0.2, 0.25) is 0 Å². The number of carbonyl (C=O) groups is 1. The minimum atomic E-state index is -3.54. The zero-order valence-corrected chi connectivity index (χ0v) is 13.2. The molecule has 0 aliphatic rings. The summed E-state index contributed by atoms with van der Waals surface area (Å²) >= 11 is 0. The first-order valence-corrected chi connectivity index (χ1v) is 8.19. The van der Waals surface area contributed by atoms with Crippen molar-refractivity contribution in [3.8, 4) is 0 Å². The summed E-state index contributed by atoms with van der Waals surface area (Å²) < 4.78 is 25.8. The number of rotatable bonds is 6. The molecule has 1 aromatic carbocycles. The Morgan fingerprint density at radius 3 is 2.35 bits per heavy atom. The molecule has 1 rings (SSSR count). The highest BCUT2D eigenvalue weighted by atomic mass is 32.2. The van der Waals surface area contributed by atoms with Crippen LogP contribution in [0.1, 0.15) is 42.6 Å². The quantitative estimate of drug-likeness (QED) is 0.841. The number of amides is 1. The van der Waals surface area contributed by atoms with E-state index < -0.39 is 10.0 Å². The van der Waals surface area contributed by atoms with Crippen molar-refractivity contribution in [2.75, 3.05) is 7.05 Å². The predicted molar refractivity (Wildman–Crippen MR) is 79.3 cm³/mol. The van der Waals surface area contributed by atoms with Crippen molar-refractivity contribution in [3.63, 3.8) is 0 Å². The van der Waals surface area contributed by atoms with Gasteiger partial charge in [-0.3, -0.25) is 4.79 Å². The van der Waals surface area contributed by atoms with Crippen LogP contribution in [0, 0.1) is 6.92 Å². The number of sulfonamides is 1. The maximum atomic E-state index is 12.2. The monoisotopic (exact) mass is 298 g/mol. The van der Waals surface area contributed by atoms with E-state index in [9.17, 15) is 13.2 Å².